The molecule has 0 radical (unpaired) electrons. The SMILES string of the molecule is CCc1ccc(CC(O)CCN(C)C)s1. The van der Waals surface area contributed by atoms with Gasteiger partial charge >= 0.3 is 0 Å². The topological polar surface area (TPSA) is 23.5 Å². The molecule has 1 N–H and O–H groups in total. The Morgan fingerprint density at radius 1 is 1.33 bits per heavy atom. The molecule has 1 aromatic rings. The first-order valence-electron chi connectivity index (χ1n) is 5.52. The van der Waals surface area contributed by atoms with Crippen LogP contribution in [0.1, 0.15) is 23.1 Å². The molecule has 3 heteroatoms. The molecule has 15 heavy (non-hydrogen) atoms. The van der Waals surface area contributed by atoms with Crippen molar-refractivity contribution in [2.75, 3.05) is 20.6 Å². The second kappa shape index (κ2) is 6.26. The van der Waals surface area contributed by atoms with Gasteiger partial charge in [-0.1, -0.05) is 6.92 Å². The minimum atomic E-state index is -0.198. The fourth-order valence-electron chi connectivity index (χ4n) is 1.46. The number of thiophene rings is 1. The zero-order chi connectivity index (χ0) is 11.3. The van der Waals surface area contributed by atoms with Crippen molar-refractivity contribution in [1.29, 1.82) is 0 Å². The van der Waals surface area contributed by atoms with Gasteiger partial charge in [-0.15, -0.1) is 11.3 Å². The second-order valence-electron chi connectivity index (χ2n) is 4.17. The molecule has 0 aliphatic rings. The first-order chi connectivity index (χ1) is 7.11. The molecule has 0 aliphatic carbocycles. The van der Waals surface area contributed by atoms with Crippen molar-refractivity contribution in [2.24, 2.45) is 0 Å². The maximum Gasteiger partial charge on any atom is 0.0600 e. The van der Waals surface area contributed by atoms with E-state index in [2.05, 4.69) is 24.0 Å². The van der Waals surface area contributed by atoms with Gasteiger partial charge in [0.05, 0.1) is 6.10 Å². The monoisotopic (exact) mass is 227 g/mol. The number of rotatable bonds is 6. The summed E-state index contributed by atoms with van der Waals surface area (Å²) in [5, 5.41) is 9.81. The van der Waals surface area contributed by atoms with Crippen LogP contribution in [0, 0.1) is 0 Å². The lowest BCUT2D eigenvalue weighted by Crippen LogP contribution is -2.20. The number of aliphatic hydroxyl groups excluding tert-OH is 1. The Balaban J connectivity index is 2.33. The highest BCUT2D eigenvalue weighted by Gasteiger charge is 2.07. The molecule has 1 aromatic heterocycles. The third kappa shape index (κ3) is 4.78. The molecule has 0 spiro atoms. The smallest absolute Gasteiger partial charge is 0.0600 e. The van der Waals surface area contributed by atoms with E-state index in [0.717, 1.165) is 25.8 Å². The predicted octanol–water partition coefficient (Wildman–Crippen LogP) is 2.17. The summed E-state index contributed by atoms with van der Waals surface area (Å²) in [7, 11) is 4.07. The Morgan fingerprint density at radius 2 is 2.00 bits per heavy atom. The number of nitrogens with zero attached hydrogens (tertiary/aromatic N) is 1. The zero-order valence-electron chi connectivity index (χ0n) is 9.86. The minimum absolute atomic E-state index is 0.198. The normalized spacial score (nSPS) is 13.4. The summed E-state index contributed by atoms with van der Waals surface area (Å²) in [5.74, 6) is 0. The van der Waals surface area contributed by atoms with Crippen molar-refractivity contribution in [3.8, 4) is 0 Å². The third-order valence-electron chi connectivity index (χ3n) is 2.41. The molecule has 86 valence electrons. The lowest BCUT2D eigenvalue weighted by atomic mass is 10.1. The van der Waals surface area contributed by atoms with Gasteiger partial charge in [0.15, 0.2) is 0 Å². The Kier molecular flexibility index (Phi) is 5.29. The summed E-state index contributed by atoms with van der Waals surface area (Å²) in [6.07, 6.45) is 2.55. The Morgan fingerprint density at radius 3 is 2.53 bits per heavy atom. The molecule has 1 unspecified atom stereocenters. The summed E-state index contributed by atoms with van der Waals surface area (Å²) in [6, 6.07) is 4.31. The highest BCUT2D eigenvalue weighted by atomic mass is 32.1. The minimum Gasteiger partial charge on any atom is -0.393 e. The highest BCUT2D eigenvalue weighted by molar-refractivity contribution is 7.11. The second-order valence-corrected chi connectivity index (χ2v) is 5.42. The lowest BCUT2D eigenvalue weighted by molar-refractivity contribution is 0.153. The third-order valence-corrected chi connectivity index (χ3v) is 3.66. The molecule has 0 saturated carbocycles. The van der Waals surface area contributed by atoms with Gasteiger partial charge in [-0.3, -0.25) is 0 Å². The molecular formula is C12H21NOS. The Labute approximate surface area is 96.5 Å². The number of hydrogen-bond acceptors (Lipinski definition) is 3. The molecule has 0 amide bonds. The molecule has 0 aromatic carbocycles. The van der Waals surface area contributed by atoms with E-state index in [0.29, 0.717) is 0 Å². The van der Waals surface area contributed by atoms with Crippen LogP contribution in [0.5, 0.6) is 0 Å². The van der Waals surface area contributed by atoms with E-state index >= 15 is 0 Å². The van der Waals surface area contributed by atoms with Crippen LogP contribution in [0.2, 0.25) is 0 Å². The van der Waals surface area contributed by atoms with Crippen LogP contribution in [0.3, 0.4) is 0 Å². The average Bonchev–Trinajstić information content (AvgIpc) is 2.62. The van der Waals surface area contributed by atoms with E-state index in [-0.39, 0.29) is 6.10 Å². The van der Waals surface area contributed by atoms with Gasteiger partial charge in [-0.25, -0.2) is 0 Å². The first-order valence-corrected chi connectivity index (χ1v) is 6.33. The Hall–Kier alpha value is -0.380. The van der Waals surface area contributed by atoms with E-state index in [4.69, 9.17) is 0 Å². The van der Waals surface area contributed by atoms with Gasteiger partial charge in [-0.05, 0) is 45.6 Å². The van der Waals surface area contributed by atoms with Crippen LogP contribution >= 0.6 is 11.3 Å². The summed E-state index contributed by atoms with van der Waals surface area (Å²) in [6.45, 7) is 3.12. The molecule has 1 rings (SSSR count). The van der Waals surface area contributed by atoms with Crippen LogP contribution in [0.25, 0.3) is 0 Å². The lowest BCUT2D eigenvalue weighted by Gasteiger charge is -2.13. The molecule has 0 fully saturated rings. The van der Waals surface area contributed by atoms with Crippen molar-refractivity contribution < 1.29 is 5.11 Å². The molecular weight excluding hydrogens is 206 g/mol. The van der Waals surface area contributed by atoms with Gasteiger partial charge < -0.3 is 10.0 Å². The van der Waals surface area contributed by atoms with E-state index in [1.807, 2.05) is 25.4 Å². The van der Waals surface area contributed by atoms with Crippen molar-refractivity contribution in [3.63, 3.8) is 0 Å². The van der Waals surface area contributed by atoms with Gasteiger partial charge in [0.25, 0.3) is 0 Å². The van der Waals surface area contributed by atoms with Crippen molar-refractivity contribution in [2.45, 2.75) is 32.3 Å². The highest BCUT2D eigenvalue weighted by Crippen LogP contribution is 2.19. The molecule has 0 bridgehead atoms. The largest absolute Gasteiger partial charge is 0.393 e. The van der Waals surface area contributed by atoms with Crippen LogP contribution < -0.4 is 0 Å². The molecule has 0 saturated heterocycles. The molecule has 2 nitrogen and oxygen atoms in total. The van der Waals surface area contributed by atoms with Gasteiger partial charge in [0.2, 0.25) is 0 Å². The van der Waals surface area contributed by atoms with E-state index in [9.17, 15) is 5.11 Å². The van der Waals surface area contributed by atoms with Crippen molar-refractivity contribution in [3.05, 3.63) is 21.9 Å². The fourth-order valence-corrected chi connectivity index (χ4v) is 2.49. The summed E-state index contributed by atoms with van der Waals surface area (Å²) >= 11 is 1.82. The van der Waals surface area contributed by atoms with Crippen molar-refractivity contribution >= 4 is 11.3 Å². The van der Waals surface area contributed by atoms with Crippen LogP contribution in [0.4, 0.5) is 0 Å². The number of hydrogen-bond donors (Lipinski definition) is 1. The number of aliphatic hydroxyl groups is 1. The van der Waals surface area contributed by atoms with Crippen molar-refractivity contribution in [1.82, 2.24) is 4.90 Å². The van der Waals surface area contributed by atoms with Crippen LogP contribution in [0.15, 0.2) is 12.1 Å². The maximum absolute atomic E-state index is 9.81. The van der Waals surface area contributed by atoms with Gasteiger partial charge in [0, 0.05) is 16.2 Å². The average molecular weight is 227 g/mol. The fraction of sp³-hybridized carbons (Fsp3) is 0.667. The van der Waals surface area contributed by atoms with Crippen LogP contribution in [-0.4, -0.2) is 36.8 Å². The molecule has 1 atom stereocenters. The standard InChI is InChI=1S/C12H21NOS/c1-4-11-5-6-12(15-11)9-10(14)7-8-13(2)3/h5-6,10,14H,4,7-9H2,1-3H3. The first kappa shape index (κ1) is 12.7. The predicted molar refractivity (Wildman–Crippen MR) is 66.6 cm³/mol. The summed E-state index contributed by atoms with van der Waals surface area (Å²) in [5.41, 5.74) is 0. The molecule has 0 aliphatic heterocycles. The Bertz CT molecular complexity index is 283. The number of aryl methyl sites for hydroxylation is 1. The van der Waals surface area contributed by atoms with E-state index in [1.54, 1.807) is 0 Å². The quantitative estimate of drug-likeness (QED) is 0.805. The maximum atomic E-state index is 9.81. The van der Waals surface area contributed by atoms with Gasteiger partial charge in [-0.2, -0.15) is 0 Å². The van der Waals surface area contributed by atoms with Crippen LogP contribution in [-0.2, 0) is 12.8 Å². The van der Waals surface area contributed by atoms with E-state index in [1.165, 1.54) is 9.75 Å². The zero-order valence-corrected chi connectivity index (χ0v) is 10.7. The molecule has 1 heterocycles. The van der Waals surface area contributed by atoms with Gasteiger partial charge in [0.1, 0.15) is 0 Å². The summed E-state index contributed by atoms with van der Waals surface area (Å²) < 4.78 is 0. The van der Waals surface area contributed by atoms with E-state index < -0.39 is 0 Å². The summed E-state index contributed by atoms with van der Waals surface area (Å²) in [4.78, 5) is 4.82.